The highest BCUT2D eigenvalue weighted by molar-refractivity contribution is 6.19. The van der Waals surface area contributed by atoms with Crippen molar-refractivity contribution in [3.63, 3.8) is 0 Å². The Morgan fingerprint density at radius 3 is 1.62 bits per heavy atom. The van der Waals surface area contributed by atoms with Gasteiger partial charge in [-0.3, -0.25) is 0 Å². The monoisotopic (exact) mass is 674 g/mol. The topological polar surface area (TPSA) is 13.1 Å². The third-order valence-electron chi connectivity index (χ3n) is 11.4. The van der Waals surface area contributed by atoms with E-state index < -0.39 is 0 Å². The summed E-state index contributed by atoms with van der Waals surface area (Å²) in [4.78, 5) is 0. The summed E-state index contributed by atoms with van der Waals surface area (Å²) in [6, 6.07) is 62.0. The van der Waals surface area contributed by atoms with Crippen molar-refractivity contribution in [2.24, 2.45) is 0 Å². The van der Waals surface area contributed by atoms with Crippen molar-refractivity contribution in [3.05, 3.63) is 193 Å². The van der Waals surface area contributed by atoms with Gasteiger partial charge in [-0.15, -0.1) is 0 Å². The maximum Gasteiger partial charge on any atom is 0.136 e. The summed E-state index contributed by atoms with van der Waals surface area (Å²) < 4.78 is 6.32. The van der Waals surface area contributed by atoms with Crippen molar-refractivity contribution in [1.29, 1.82) is 0 Å². The number of rotatable bonds is 4. The smallest absolute Gasteiger partial charge is 0.136 e. The second-order valence-electron chi connectivity index (χ2n) is 14.3. The molecule has 1 aromatic heterocycles. The van der Waals surface area contributed by atoms with Crippen LogP contribution in [0, 0.1) is 0 Å². The first kappa shape index (κ1) is 30.0. The molecule has 1 nitrogen and oxygen atoms in total. The SMILES string of the molecule is C1=C(c2ccc3oc4cc5ccccc5cc4c3c2)CCC(c2c3ccccc3c(-c3cccc(-c4cccc5ccccc45)c3)c3ccccc23)=C1. The zero-order valence-electron chi connectivity index (χ0n) is 29.1. The number of fused-ring (bicyclic) bond motifs is 7. The molecule has 0 fully saturated rings. The molecule has 1 aliphatic rings. The van der Waals surface area contributed by atoms with Crippen LogP contribution in [0.3, 0.4) is 0 Å². The van der Waals surface area contributed by atoms with E-state index in [4.69, 9.17) is 4.42 Å². The highest BCUT2D eigenvalue weighted by Crippen LogP contribution is 2.45. The van der Waals surface area contributed by atoms with Crippen molar-refractivity contribution >= 4 is 76.2 Å². The van der Waals surface area contributed by atoms with Gasteiger partial charge in [-0.2, -0.15) is 0 Å². The first-order valence-corrected chi connectivity index (χ1v) is 18.5. The van der Waals surface area contributed by atoms with E-state index >= 15 is 0 Å². The fraction of sp³-hybridized carbons (Fsp3) is 0.0385. The average Bonchev–Trinajstić information content (AvgIpc) is 3.58. The zero-order valence-corrected chi connectivity index (χ0v) is 29.1. The van der Waals surface area contributed by atoms with Gasteiger partial charge in [-0.1, -0.05) is 152 Å². The molecule has 1 heteroatoms. The Bertz CT molecular complexity index is 3110. The molecule has 9 aromatic carbocycles. The third kappa shape index (κ3) is 4.85. The third-order valence-corrected chi connectivity index (χ3v) is 11.4. The van der Waals surface area contributed by atoms with E-state index in [1.807, 2.05) is 0 Å². The van der Waals surface area contributed by atoms with Crippen LogP contribution >= 0.6 is 0 Å². The van der Waals surface area contributed by atoms with Crippen LogP contribution in [0.1, 0.15) is 24.0 Å². The van der Waals surface area contributed by atoms with E-state index in [0.717, 1.165) is 24.0 Å². The summed E-state index contributed by atoms with van der Waals surface area (Å²) in [7, 11) is 0. The van der Waals surface area contributed by atoms with Gasteiger partial charge in [0.15, 0.2) is 0 Å². The van der Waals surface area contributed by atoms with E-state index in [2.05, 4.69) is 182 Å². The van der Waals surface area contributed by atoms with Gasteiger partial charge in [0.2, 0.25) is 0 Å². The molecule has 0 bridgehead atoms. The molecule has 1 aliphatic carbocycles. The minimum absolute atomic E-state index is 0.937. The van der Waals surface area contributed by atoms with E-state index in [9.17, 15) is 0 Å². The molecule has 11 rings (SSSR count). The summed E-state index contributed by atoms with van der Waals surface area (Å²) in [5.41, 5.74) is 12.3. The summed E-state index contributed by atoms with van der Waals surface area (Å²) in [5.74, 6) is 0. The van der Waals surface area contributed by atoms with E-state index in [-0.39, 0.29) is 0 Å². The van der Waals surface area contributed by atoms with Gasteiger partial charge in [0.25, 0.3) is 0 Å². The minimum atomic E-state index is 0.937. The normalized spacial score (nSPS) is 13.4. The number of hydrogen-bond acceptors (Lipinski definition) is 1. The van der Waals surface area contributed by atoms with Gasteiger partial charge in [0, 0.05) is 10.8 Å². The first-order chi connectivity index (χ1) is 26.3. The molecule has 0 radical (unpaired) electrons. The average molecular weight is 675 g/mol. The van der Waals surface area contributed by atoms with Gasteiger partial charge in [-0.25, -0.2) is 0 Å². The fourth-order valence-corrected chi connectivity index (χ4v) is 8.85. The summed E-state index contributed by atoms with van der Waals surface area (Å²) in [6.45, 7) is 0. The first-order valence-electron chi connectivity index (χ1n) is 18.5. The van der Waals surface area contributed by atoms with Crippen molar-refractivity contribution in [3.8, 4) is 22.3 Å². The Kier molecular flexibility index (Phi) is 6.75. The largest absolute Gasteiger partial charge is 0.456 e. The lowest BCUT2D eigenvalue weighted by atomic mass is 9.82. The van der Waals surface area contributed by atoms with Gasteiger partial charge >= 0.3 is 0 Å². The van der Waals surface area contributed by atoms with Crippen LogP contribution < -0.4 is 0 Å². The molecule has 1 heterocycles. The molecule has 0 spiro atoms. The van der Waals surface area contributed by atoms with Crippen LogP contribution in [0.2, 0.25) is 0 Å². The molecule has 53 heavy (non-hydrogen) atoms. The molecular weight excluding hydrogens is 641 g/mol. The van der Waals surface area contributed by atoms with Crippen LogP contribution in [0.4, 0.5) is 0 Å². The van der Waals surface area contributed by atoms with Crippen molar-refractivity contribution < 1.29 is 4.42 Å². The lowest BCUT2D eigenvalue weighted by Gasteiger charge is -2.22. The lowest BCUT2D eigenvalue weighted by molar-refractivity contribution is 0.669. The highest BCUT2D eigenvalue weighted by atomic mass is 16.3. The Morgan fingerprint density at radius 1 is 0.321 bits per heavy atom. The van der Waals surface area contributed by atoms with E-state index in [1.54, 1.807) is 0 Å². The van der Waals surface area contributed by atoms with Crippen LogP contribution in [0.5, 0.6) is 0 Å². The van der Waals surface area contributed by atoms with Crippen molar-refractivity contribution in [2.45, 2.75) is 12.8 Å². The summed E-state index contributed by atoms with van der Waals surface area (Å²) >= 11 is 0. The Labute approximate surface area is 307 Å². The number of furan rings is 1. The van der Waals surface area contributed by atoms with Gasteiger partial charge in [0.05, 0.1) is 0 Å². The molecular formula is C52H34O. The number of allylic oxidation sites excluding steroid dienone is 4. The Balaban J connectivity index is 1.04. The van der Waals surface area contributed by atoms with Gasteiger partial charge in [-0.05, 0) is 131 Å². The Hall–Kier alpha value is -6.70. The van der Waals surface area contributed by atoms with Crippen molar-refractivity contribution in [2.75, 3.05) is 0 Å². The van der Waals surface area contributed by atoms with Crippen LogP contribution in [-0.2, 0) is 0 Å². The molecule has 0 aliphatic heterocycles. The summed E-state index contributed by atoms with van der Waals surface area (Å²) in [5, 5.41) is 12.5. The predicted octanol–water partition coefficient (Wildman–Crippen LogP) is 14.8. The Morgan fingerprint density at radius 2 is 0.887 bits per heavy atom. The molecule has 0 saturated carbocycles. The van der Waals surface area contributed by atoms with E-state index in [1.165, 1.54) is 98.4 Å². The van der Waals surface area contributed by atoms with E-state index in [0.29, 0.717) is 0 Å². The molecule has 0 unspecified atom stereocenters. The quantitative estimate of drug-likeness (QED) is 0.169. The highest BCUT2D eigenvalue weighted by Gasteiger charge is 2.20. The minimum Gasteiger partial charge on any atom is -0.456 e. The molecule has 10 aromatic rings. The van der Waals surface area contributed by atoms with Gasteiger partial charge < -0.3 is 4.42 Å². The maximum absolute atomic E-state index is 6.32. The number of hydrogen-bond donors (Lipinski definition) is 0. The second kappa shape index (κ2) is 11.9. The van der Waals surface area contributed by atoms with Crippen LogP contribution in [0.25, 0.3) is 98.4 Å². The molecule has 0 N–H and O–H groups in total. The molecule has 0 saturated heterocycles. The zero-order chi connectivity index (χ0) is 34.9. The lowest BCUT2D eigenvalue weighted by Crippen LogP contribution is -1.97. The van der Waals surface area contributed by atoms with Crippen LogP contribution in [0.15, 0.2) is 186 Å². The molecule has 248 valence electrons. The predicted molar refractivity (Wildman–Crippen MR) is 226 cm³/mol. The van der Waals surface area contributed by atoms with Gasteiger partial charge in [0.1, 0.15) is 11.2 Å². The van der Waals surface area contributed by atoms with Crippen LogP contribution in [-0.4, -0.2) is 0 Å². The summed E-state index contributed by atoms with van der Waals surface area (Å²) in [6.07, 6.45) is 6.68. The second-order valence-corrected chi connectivity index (χ2v) is 14.3. The number of benzene rings is 9. The maximum atomic E-state index is 6.32. The molecule has 0 atom stereocenters. The fourth-order valence-electron chi connectivity index (χ4n) is 8.85. The molecule has 0 amide bonds. The van der Waals surface area contributed by atoms with Crippen molar-refractivity contribution in [1.82, 2.24) is 0 Å². The standard InChI is InChI=1S/C52H34O/c1-2-13-37-32-50-48(30-36(37)12-1)47-31-38(27-28-49(47)53-50)33-23-25-35(26-24-33)51-43-18-5-7-20-45(43)52(46-21-8-6-19-44(46)51)40-16-9-15-39(29-40)42-22-10-14-34-11-3-4-17-41(34)42/h1-23,25,27-32H,24,26H2.